The number of hydrogen-bond donors (Lipinski definition) is 2. The van der Waals surface area contributed by atoms with E-state index in [4.69, 9.17) is 33.7 Å². The Hall–Kier alpha value is -1.98. The van der Waals surface area contributed by atoms with Crippen molar-refractivity contribution < 1.29 is 4.74 Å². The van der Waals surface area contributed by atoms with Gasteiger partial charge in [0, 0.05) is 22.3 Å². The number of aromatic nitrogens is 1. The topological polar surface area (TPSA) is 72.5 Å². The number of ether oxygens (including phenoxy) is 1. The highest BCUT2D eigenvalue weighted by Crippen LogP contribution is 2.25. The molecule has 2 rings (SSSR count). The quantitative estimate of drug-likeness (QED) is 0.637. The molecule has 1 heterocycles. The van der Waals surface area contributed by atoms with Crippen LogP contribution in [0.2, 0.25) is 10.0 Å². The zero-order valence-electron chi connectivity index (χ0n) is 12.9. The Morgan fingerprint density at radius 2 is 2.13 bits per heavy atom. The zero-order valence-corrected chi connectivity index (χ0v) is 14.4. The SMILES string of the molecule is COc1cc(CN=C(N)NC(C)c2ccc(Cl)cc2Cl)ccn1. The molecule has 1 unspecified atom stereocenters. The first-order valence-corrected chi connectivity index (χ1v) is 7.75. The number of methoxy groups -OCH3 is 1. The normalized spacial score (nSPS) is 12.8. The van der Waals surface area contributed by atoms with Crippen LogP contribution in [-0.4, -0.2) is 18.1 Å². The summed E-state index contributed by atoms with van der Waals surface area (Å²) in [4.78, 5) is 8.36. The van der Waals surface area contributed by atoms with E-state index in [1.54, 1.807) is 25.4 Å². The van der Waals surface area contributed by atoms with Gasteiger partial charge in [-0.15, -0.1) is 0 Å². The molecule has 3 N–H and O–H groups in total. The first-order valence-electron chi connectivity index (χ1n) is 7.00. The maximum Gasteiger partial charge on any atom is 0.213 e. The van der Waals surface area contributed by atoms with Gasteiger partial charge in [0.25, 0.3) is 0 Å². The molecule has 0 saturated carbocycles. The zero-order chi connectivity index (χ0) is 16.8. The van der Waals surface area contributed by atoms with E-state index < -0.39 is 0 Å². The second-order valence-electron chi connectivity index (χ2n) is 4.94. The molecule has 5 nitrogen and oxygen atoms in total. The lowest BCUT2D eigenvalue weighted by atomic mass is 10.1. The van der Waals surface area contributed by atoms with Crippen molar-refractivity contribution in [1.29, 1.82) is 0 Å². The standard InChI is InChI=1S/C16H18Cl2N4O/c1-10(13-4-3-12(17)8-14(13)18)22-16(19)21-9-11-5-6-20-15(7-11)23-2/h3-8,10H,9H2,1-2H3,(H3,19,21,22). The van der Waals surface area contributed by atoms with Crippen molar-refractivity contribution in [2.45, 2.75) is 19.5 Å². The highest BCUT2D eigenvalue weighted by Gasteiger charge is 2.10. The molecular formula is C16H18Cl2N4O. The summed E-state index contributed by atoms with van der Waals surface area (Å²) in [6.07, 6.45) is 1.67. The second-order valence-corrected chi connectivity index (χ2v) is 5.78. The first kappa shape index (κ1) is 17.4. The van der Waals surface area contributed by atoms with Gasteiger partial charge in [-0.3, -0.25) is 0 Å². The minimum Gasteiger partial charge on any atom is -0.481 e. The van der Waals surface area contributed by atoms with Crippen LogP contribution >= 0.6 is 23.2 Å². The summed E-state index contributed by atoms with van der Waals surface area (Å²) in [7, 11) is 1.57. The molecule has 2 aromatic rings. The van der Waals surface area contributed by atoms with Crippen LogP contribution in [0.3, 0.4) is 0 Å². The molecular weight excluding hydrogens is 335 g/mol. The molecule has 1 aromatic heterocycles. The third kappa shape index (κ3) is 5.01. The van der Waals surface area contributed by atoms with Gasteiger partial charge in [0.1, 0.15) is 0 Å². The predicted octanol–water partition coefficient (Wildman–Crippen LogP) is 3.56. The molecule has 122 valence electrons. The van der Waals surface area contributed by atoms with Crippen LogP contribution in [0.25, 0.3) is 0 Å². The van der Waals surface area contributed by atoms with Crippen molar-refractivity contribution in [2.24, 2.45) is 10.7 Å². The number of aliphatic imine (C=N–C) groups is 1. The largest absolute Gasteiger partial charge is 0.481 e. The van der Waals surface area contributed by atoms with Crippen LogP contribution in [0.4, 0.5) is 0 Å². The Labute approximate surface area is 145 Å². The van der Waals surface area contributed by atoms with Gasteiger partial charge in [0.15, 0.2) is 5.96 Å². The number of pyridine rings is 1. The van der Waals surface area contributed by atoms with Crippen molar-refractivity contribution in [3.63, 3.8) is 0 Å². The number of nitrogens with two attached hydrogens (primary N) is 1. The number of nitrogens with one attached hydrogen (secondary N) is 1. The van der Waals surface area contributed by atoms with Gasteiger partial charge in [0.2, 0.25) is 5.88 Å². The number of guanidine groups is 1. The van der Waals surface area contributed by atoms with Crippen LogP contribution in [0.15, 0.2) is 41.5 Å². The molecule has 0 aliphatic heterocycles. The molecule has 0 aliphatic rings. The van der Waals surface area contributed by atoms with E-state index in [2.05, 4.69) is 15.3 Å². The van der Waals surface area contributed by atoms with E-state index in [1.807, 2.05) is 25.1 Å². The summed E-state index contributed by atoms with van der Waals surface area (Å²) in [5.41, 5.74) is 7.79. The molecule has 0 amide bonds. The van der Waals surface area contributed by atoms with E-state index in [1.165, 1.54) is 0 Å². The van der Waals surface area contributed by atoms with Crippen molar-refractivity contribution >= 4 is 29.2 Å². The summed E-state index contributed by atoms with van der Waals surface area (Å²) in [5.74, 6) is 0.879. The first-order chi connectivity index (χ1) is 11.0. The van der Waals surface area contributed by atoms with Crippen LogP contribution < -0.4 is 15.8 Å². The van der Waals surface area contributed by atoms with Crippen molar-refractivity contribution in [3.8, 4) is 5.88 Å². The predicted molar refractivity (Wildman–Crippen MR) is 94.1 cm³/mol. The summed E-state index contributed by atoms with van der Waals surface area (Å²) in [6.45, 7) is 2.38. The maximum atomic E-state index is 6.19. The highest BCUT2D eigenvalue weighted by atomic mass is 35.5. The van der Waals surface area contributed by atoms with E-state index in [0.29, 0.717) is 28.4 Å². The molecule has 1 atom stereocenters. The van der Waals surface area contributed by atoms with Gasteiger partial charge in [-0.1, -0.05) is 29.3 Å². The lowest BCUT2D eigenvalue weighted by Crippen LogP contribution is -2.34. The van der Waals surface area contributed by atoms with Crippen molar-refractivity contribution in [3.05, 3.63) is 57.7 Å². The van der Waals surface area contributed by atoms with Gasteiger partial charge in [-0.05, 0) is 36.2 Å². The van der Waals surface area contributed by atoms with Gasteiger partial charge < -0.3 is 15.8 Å². The van der Waals surface area contributed by atoms with E-state index in [9.17, 15) is 0 Å². The van der Waals surface area contributed by atoms with E-state index in [0.717, 1.165) is 11.1 Å². The highest BCUT2D eigenvalue weighted by molar-refractivity contribution is 6.35. The molecule has 0 aliphatic carbocycles. The Bertz CT molecular complexity index is 706. The molecule has 1 aromatic carbocycles. The Balaban J connectivity index is 2.01. The minimum absolute atomic E-state index is 0.0875. The van der Waals surface area contributed by atoms with Crippen LogP contribution in [0.5, 0.6) is 5.88 Å². The minimum atomic E-state index is -0.0875. The number of nitrogens with zero attached hydrogens (tertiary/aromatic N) is 2. The summed E-state index contributed by atoms with van der Waals surface area (Å²) in [6, 6.07) is 8.94. The van der Waals surface area contributed by atoms with Gasteiger partial charge in [-0.25, -0.2) is 9.98 Å². The Kier molecular flexibility index (Phi) is 6.07. The van der Waals surface area contributed by atoms with Gasteiger partial charge in [0.05, 0.1) is 19.7 Å². The molecule has 0 saturated heterocycles. The third-order valence-electron chi connectivity index (χ3n) is 3.23. The van der Waals surface area contributed by atoms with Crippen molar-refractivity contribution in [2.75, 3.05) is 7.11 Å². The van der Waals surface area contributed by atoms with Gasteiger partial charge in [-0.2, -0.15) is 0 Å². The maximum absolute atomic E-state index is 6.19. The average Bonchev–Trinajstić information content (AvgIpc) is 2.53. The molecule has 0 spiro atoms. The Morgan fingerprint density at radius 1 is 1.35 bits per heavy atom. The number of hydrogen-bond acceptors (Lipinski definition) is 3. The number of halogens is 2. The van der Waals surface area contributed by atoms with Crippen LogP contribution in [0, 0.1) is 0 Å². The molecule has 0 fully saturated rings. The van der Waals surface area contributed by atoms with Crippen LogP contribution in [-0.2, 0) is 6.54 Å². The lowest BCUT2D eigenvalue weighted by Gasteiger charge is -2.16. The fourth-order valence-electron chi connectivity index (χ4n) is 2.03. The third-order valence-corrected chi connectivity index (χ3v) is 3.80. The summed E-state index contributed by atoms with van der Waals surface area (Å²) >= 11 is 12.1. The van der Waals surface area contributed by atoms with Crippen LogP contribution in [0.1, 0.15) is 24.1 Å². The van der Waals surface area contributed by atoms with E-state index in [-0.39, 0.29) is 6.04 Å². The van der Waals surface area contributed by atoms with Crippen molar-refractivity contribution in [1.82, 2.24) is 10.3 Å². The second kappa shape index (κ2) is 8.04. The molecule has 0 bridgehead atoms. The Morgan fingerprint density at radius 3 is 2.83 bits per heavy atom. The summed E-state index contributed by atoms with van der Waals surface area (Å²) < 4.78 is 5.07. The molecule has 23 heavy (non-hydrogen) atoms. The fourth-order valence-corrected chi connectivity index (χ4v) is 2.61. The number of rotatable bonds is 5. The average molecular weight is 353 g/mol. The molecule has 7 heteroatoms. The lowest BCUT2D eigenvalue weighted by molar-refractivity contribution is 0.397. The monoisotopic (exact) mass is 352 g/mol. The number of benzene rings is 1. The van der Waals surface area contributed by atoms with Gasteiger partial charge >= 0.3 is 0 Å². The summed E-state index contributed by atoms with van der Waals surface area (Å²) in [5, 5.41) is 4.29. The fraction of sp³-hybridized carbons (Fsp3) is 0.250. The van der Waals surface area contributed by atoms with E-state index >= 15 is 0 Å². The smallest absolute Gasteiger partial charge is 0.213 e. The molecule has 0 radical (unpaired) electrons.